The normalized spacial score (nSPS) is 19.4. The summed E-state index contributed by atoms with van der Waals surface area (Å²) in [6.45, 7) is 1.75. The van der Waals surface area contributed by atoms with E-state index in [1.165, 1.54) is 5.54 Å². The summed E-state index contributed by atoms with van der Waals surface area (Å²) in [6.07, 6.45) is 0. The van der Waals surface area contributed by atoms with Crippen LogP contribution in [0, 0.1) is 0 Å². The van der Waals surface area contributed by atoms with Crippen molar-refractivity contribution in [1.29, 1.82) is 0 Å². The molecule has 0 rings (SSSR count). The molecule has 4 heteroatoms. The van der Waals surface area contributed by atoms with Gasteiger partial charge in [-0.05, 0) is 6.92 Å². The van der Waals surface area contributed by atoms with Crippen molar-refractivity contribution in [3.05, 3.63) is 10.6 Å². The molecule has 0 aromatic carbocycles. The van der Waals surface area contributed by atoms with Gasteiger partial charge in [-0.2, -0.15) is 0 Å². The van der Waals surface area contributed by atoms with Crippen LogP contribution < -0.4 is 0 Å². The van der Waals surface area contributed by atoms with Gasteiger partial charge in [-0.25, -0.2) is 0 Å². The van der Waals surface area contributed by atoms with Crippen LogP contribution in [-0.4, -0.2) is 10.8 Å². The highest BCUT2D eigenvalue weighted by molar-refractivity contribution is 6.43. The summed E-state index contributed by atoms with van der Waals surface area (Å²) in [5.41, 5.74) is 1.22. The van der Waals surface area contributed by atoms with Crippen LogP contribution in [-0.2, 0) is 0 Å². The molecule has 0 amide bonds. The van der Waals surface area contributed by atoms with E-state index >= 15 is 0 Å². The van der Waals surface area contributed by atoms with E-state index in [1.54, 1.807) is 6.92 Å². The Labute approximate surface area is 74.7 Å². The highest BCUT2D eigenvalue weighted by Crippen LogP contribution is 2.21. The van der Waals surface area contributed by atoms with Gasteiger partial charge in [0, 0.05) is 10.6 Å². The molecule has 0 aliphatic rings. The van der Waals surface area contributed by atoms with Gasteiger partial charge < -0.3 is 0 Å². The zero-order chi connectivity index (χ0) is 7.44. The van der Waals surface area contributed by atoms with E-state index in [2.05, 4.69) is 0 Å². The van der Waals surface area contributed by atoms with Crippen LogP contribution in [0.3, 0.4) is 0 Å². The maximum atomic E-state index is 5.65. The monoisotopic (exact) mass is 206 g/mol. The Kier molecular flexibility index (Phi) is 5.14. The molecule has 0 aliphatic carbocycles. The van der Waals surface area contributed by atoms with E-state index in [4.69, 9.17) is 46.4 Å². The van der Waals surface area contributed by atoms with Gasteiger partial charge >= 0.3 is 0 Å². The van der Waals surface area contributed by atoms with Crippen molar-refractivity contribution in [2.45, 2.75) is 17.7 Å². The molecule has 0 saturated heterocycles. The minimum Gasteiger partial charge on any atom is -0.121 e. The molecule has 0 aromatic heterocycles. The number of hydrogen-bond donors (Lipinski definition) is 0. The van der Waals surface area contributed by atoms with Gasteiger partial charge in [0.15, 0.2) is 0 Å². The summed E-state index contributed by atoms with van der Waals surface area (Å²) in [5.74, 6) is 0. The van der Waals surface area contributed by atoms with Gasteiger partial charge in [0.1, 0.15) is 0 Å². The second-order valence-corrected chi connectivity index (χ2v) is 3.39. The van der Waals surface area contributed by atoms with E-state index in [-0.39, 0.29) is 10.8 Å². The fourth-order valence-corrected chi connectivity index (χ4v) is 0.932. The molecule has 0 bridgehead atoms. The number of halogens is 4. The Morgan fingerprint density at radius 3 is 2.00 bits per heavy atom. The molecule has 0 nitrogen and oxygen atoms in total. The summed E-state index contributed by atoms with van der Waals surface area (Å²) in [4.78, 5) is 0. The first-order chi connectivity index (χ1) is 4.09. The third-order valence-electron chi connectivity index (χ3n) is 0.771. The molecule has 9 heavy (non-hydrogen) atoms. The average molecular weight is 208 g/mol. The number of allylic oxidation sites excluding steroid dienone is 1. The lowest BCUT2D eigenvalue weighted by Crippen LogP contribution is -2.10. The molecule has 0 saturated carbocycles. The first-order valence-corrected chi connectivity index (χ1v) is 4.02. The summed E-state index contributed by atoms with van der Waals surface area (Å²) >= 11 is 22.0. The molecular weight excluding hydrogens is 202 g/mol. The zero-order valence-corrected chi connectivity index (χ0v) is 7.77. The lowest BCUT2D eigenvalue weighted by Gasteiger charge is -2.08. The summed E-state index contributed by atoms with van der Waals surface area (Å²) in [5, 5.41) is -0.208. The van der Waals surface area contributed by atoms with E-state index in [1.807, 2.05) is 0 Å². The van der Waals surface area contributed by atoms with Gasteiger partial charge in [-0.3, -0.25) is 0 Å². The molecule has 0 aromatic rings. The lowest BCUT2D eigenvalue weighted by molar-refractivity contribution is 0.964. The van der Waals surface area contributed by atoms with Crippen LogP contribution in [0.4, 0.5) is 0 Å². The van der Waals surface area contributed by atoms with Crippen molar-refractivity contribution < 1.29 is 0 Å². The quantitative estimate of drug-likeness (QED) is 0.608. The van der Waals surface area contributed by atoms with E-state index in [9.17, 15) is 0 Å². The Morgan fingerprint density at radius 1 is 1.44 bits per heavy atom. The number of alkyl halides is 2. The van der Waals surface area contributed by atoms with E-state index in [0.717, 1.165) is 0 Å². The Morgan fingerprint density at radius 2 is 1.89 bits per heavy atom. The SMILES string of the molecule is CC(Cl)C(Cl)C(Cl)=CCl. The fraction of sp³-hybridized carbons (Fsp3) is 0.600. The van der Waals surface area contributed by atoms with Gasteiger partial charge in [0.2, 0.25) is 0 Å². The van der Waals surface area contributed by atoms with Gasteiger partial charge in [-0.1, -0.05) is 23.2 Å². The number of hydrogen-bond acceptors (Lipinski definition) is 0. The van der Waals surface area contributed by atoms with Crippen molar-refractivity contribution in [3.63, 3.8) is 0 Å². The summed E-state index contributed by atoms with van der Waals surface area (Å²) < 4.78 is 0. The third-order valence-corrected chi connectivity index (χ3v) is 2.57. The molecular formula is C5H6Cl4. The maximum absolute atomic E-state index is 5.65. The van der Waals surface area contributed by atoms with Crippen molar-refractivity contribution >= 4 is 46.4 Å². The van der Waals surface area contributed by atoms with Crippen molar-refractivity contribution in [2.75, 3.05) is 0 Å². The van der Waals surface area contributed by atoms with E-state index < -0.39 is 0 Å². The standard InChI is InChI=1S/C5H6Cl4/c1-3(7)5(9)4(8)2-6/h2-3,5H,1H3. The largest absolute Gasteiger partial charge is 0.121 e. The first-order valence-electron chi connectivity index (χ1n) is 2.33. The first kappa shape index (κ1) is 9.90. The molecule has 0 radical (unpaired) electrons. The van der Waals surface area contributed by atoms with Crippen molar-refractivity contribution in [3.8, 4) is 0 Å². The van der Waals surface area contributed by atoms with Crippen LogP contribution >= 0.6 is 46.4 Å². The minimum absolute atomic E-state index is 0.200. The number of rotatable bonds is 2. The second kappa shape index (κ2) is 4.68. The van der Waals surface area contributed by atoms with Crippen LogP contribution in [0.1, 0.15) is 6.92 Å². The van der Waals surface area contributed by atoms with Crippen molar-refractivity contribution in [2.24, 2.45) is 0 Å². The van der Waals surface area contributed by atoms with Crippen LogP contribution in [0.25, 0.3) is 0 Å². The fourth-order valence-electron chi connectivity index (χ4n) is 0.280. The van der Waals surface area contributed by atoms with Gasteiger partial charge in [0.25, 0.3) is 0 Å². The Bertz CT molecular complexity index is 108. The molecule has 0 N–H and O–H groups in total. The molecule has 2 atom stereocenters. The van der Waals surface area contributed by atoms with Crippen LogP contribution in [0.5, 0.6) is 0 Å². The highest BCUT2D eigenvalue weighted by Gasteiger charge is 2.14. The molecule has 2 unspecified atom stereocenters. The maximum Gasteiger partial charge on any atom is 0.0861 e. The van der Waals surface area contributed by atoms with Crippen molar-refractivity contribution in [1.82, 2.24) is 0 Å². The summed E-state index contributed by atoms with van der Waals surface area (Å²) in [7, 11) is 0. The lowest BCUT2D eigenvalue weighted by atomic mass is 10.3. The van der Waals surface area contributed by atoms with Gasteiger partial charge in [0.05, 0.1) is 10.8 Å². The topological polar surface area (TPSA) is 0 Å². The molecule has 0 heterocycles. The minimum atomic E-state index is -0.383. The predicted molar refractivity (Wildman–Crippen MR) is 44.7 cm³/mol. The van der Waals surface area contributed by atoms with E-state index in [0.29, 0.717) is 5.03 Å². The Hall–Kier alpha value is 0.900. The Balaban J connectivity index is 3.88. The molecule has 0 fully saturated rings. The zero-order valence-electron chi connectivity index (χ0n) is 4.74. The smallest absolute Gasteiger partial charge is 0.0861 e. The average Bonchev–Trinajstić information content (AvgIpc) is 1.84. The highest BCUT2D eigenvalue weighted by atomic mass is 35.5. The molecule has 0 aliphatic heterocycles. The van der Waals surface area contributed by atoms with Gasteiger partial charge in [-0.15, -0.1) is 23.2 Å². The second-order valence-electron chi connectivity index (χ2n) is 1.57. The third kappa shape index (κ3) is 3.57. The predicted octanol–water partition coefficient (Wildman–Crippen LogP) is 3.54. The molecule has 0 spiro atoms. The summed E-state index contributed by atoms with van der Waals surface area (Å²) in [6, 6.07) is 0. The van der Waals surface area contributed by atoms with Crippen LogP contribution in [0.2, 0.25) is 0 Å². The van der Waals surface area contributed by atoms with Crippen LogP contribution in [0.15, 0.2) is 10.6 Å². The molecule has 54 valence electrons.